The summed E-state index contributed by atoms with van der Waals surface area (Å²) in [6.07, 6.45) is 1.50. The molecule has 3 rings (SSSR count). The highest BCUT2D eigenvalue weighted by molar-refractivity contribution is 7.91. The van der Waals surface area contributed by atoms with Crippen LogP contribution in [0.1, 0.15) is 36.8 Å². The number of rotatable bonds is 5. The number of carbonyl (C=O) groups is 1. The third-order valence-corrected chi connectivity index (χ3v) is 6.97. The lowest BCUT2D eigenvalue weighted by atomic mass is 10.2. The quantitative estimate of drug-likeness (QED) is 0.684. The van der Waals surface area contributed by atoms with Crippen molar-refractivity contribution in [2.75, 3.05) is 5.32 Å². The molecular weight excluding hydrogens is 393 g/mol. The Hall–Kier alpha value is -3.00. The minimum Gasteiger partial charge on any atom is -0.321 e. The summed E-state index contributed by atoms with van der Waals surface area (Å²) in [5.41, 5.74) is 1.38. The molecule has 0 bridgehead atoms. The molecule has 8 heteroatoms. The van der Waals surface area contributed by atoms with Crippen molar-refractivity contribution in [3.63, 3.8) is 0 Å². The van der Waals surface area contributed by atoms with Crippen LogP contribution in [-0.4, -0.2) is 28.9 Å². The van der Waals surface area contributed by atoms with E-state index < -0.39 is 26.3 Å². The van der Waals surface area contributed by atoms with Crippen molar-refractivity contribution in [3.05, 3.63) is 77.9 Å². The maximum absolute atomic E-state index is 13.9. The maximum atomic E-state index is 13.9. The molecule has 0 aliphatic heterocycles. The Kier molecular flexibility index (Phi) is 5.57. The van der Waals surface area contributed by atoms with Gasteiger partial charge in [-0.1, -0.05) is 24.3 Å². The van der Waals surface area contributed by atoms with Crippen molar-refractivity contribution < 1.29 is 17.6 Å². The molecule has 0 fully saturated rings. The van der Waals surface area contributed by atoms with Gasteiger partial charge in [-0.05, 0) is 56.7 Å². The average Bonchev–Trinajstić information content (AvgIpc) is 3.11. The number of aromatic nitrogens is 2. The molecule has 0 saturated heterocycles. The van der Waals surface area contributed by atoms with Crippen LogP contribution in [0, 0.1) is 5.82 Å². The van der Waals surface area contributed by atoms with E-state index in [1.807, 2.05) is 0 Å². The number of nitrogens with one attached hydrogen (secondary N) is 1. The van der Waals surface area contributed by atoms with E-state index in [4.69, 9.17) is 0 Å². The molecule has 1 N–H and O–H groups in total. The highest BCUT2D eigenvalue weighted by atomic mass is 32.2. The van der Waals surface area contributed by atoms with E-state index >= 15 is 0 Å². The zero-order valence-corrected chi connectivity index (χ0v) is 17.2. The van der Waals surface area contributed by atoms with E-state index in [-0.39, 0.29) is 17.1 Å². The second-order valence-corrected chi connectivity index (χ2v) is 10.4. The number of para-hydroxylation sites is 1. The van der Waals surface area contributed by atoms with Gasteiger partial charge in [0, 0.05) is 11.9 Å². The Morgan fingerprint density at radius 3 is 2.52 bits per heavy atom. The van der Waals surface area contributed by atoms with E-state index in [0.29, 0.717) is 11.3 Å². The third kappa shape index (κ3) is 4.71. The molecule has 152 valence electrons. The van der Waals surface area contributed by atoms with Crippen LogP contribution >= 0.6 is 0 Å². The molecule has 0 radical (unpaired) electrons. The highest BCUT2D eigenvalue weighted by Gasteiger charge is 2.29. The van der Waals surface area contributed by atoms with Gasteiger partial charge in [-0.25, -0.2) is 17.5 Å². The van der Waals surface area contributed by atoms with Gasteiger partial charge in [0.2, 0.25) is 0 Å². The van der Waals surface area contributed by atoms with Gasteiger partial charge in [-0.3, -0.25) is 4.79 Å². The lowest BCUT2D eigenvalue weighted by Gasteiger charge is -2.19. The number of nitrogens with zero attached hydrogens (tertiary/aromatic N) is 2. The maximum Gasteiger partial charge on any atom is 0.276 e. The molecule has 6 nitrogen and oxygen atoms in total. The summed E-state index contributed by atoms with van der Waals surface area (Å²) in [6.45, 7) is 4.96. The molecule has 29 heavy (non-hydrogen) atoms. The SMILES string of the molecule is CC(C)(C)S(=O)(=O)Cc1cccc(NC(=O)c2ccn(-c3ccccc3F)n2)c1. The molecule has 1 amide bonds. The van der Waals surface area contributed by atoms with Gasteiger partial charge in [0.25, 0.3) is 5.91 Å². The van der Waals surface area contributed by atoms with E-state index in [1.54, 1.807) is 63.2 Å². The fourth-order valence-electron chi connectivity index (χ4n) is 2.59. The zero-order valence-electron chi connectivity index (χ0n) is 16.4. The summed E-state index contributed by atoms with van der Waals surface area (Å²) in [5.74, 6) is -1.05. The summed E-state index contributed by atoms with van der Waals surface area (Å²) in [4.78, 5) is 12.5. The molecule has 0 atom stereocenters. The standard InChI is InChI=1S/C21H22FN3O3S/c1-21(2,3)29(27,28)14-15-7-6-8-16(13-15)23-20(26)18-11-12-25(24-18)19-10-5-4-9-17(19)22/h4-13H,14H2,1-3H3,(H,23,26). The van der Waals surface area contributed by atoms with Crippen LogP contribution in [0.3, 0.4) is 0 Å². The highest BCUT2D eigenvalue weighted by Crippen LogP contribution is 2.22. The minimum absolute atomic E-state index is 0.112. The molecule has 0 spiro atoms. The van der Waals surface area contributed by atoms with Gasteiger partial charge in [-0.2, -0.15) is 5.10 Å². The summed E-state index contributed by atoms with van der Waals surface area (Å²) in [7, 11) is -3.34. The van der Waals surface area contributed by atoms with Gasteiger partial charge in [-0.15, -0.1) is 0 Å². The zero-order chi connectivity index (χ0) is 21.2. The monoisotopic (exact) mass is 415 g/mol. The predicted octanol–water partition coefficient (Wildman–Crippen LogP) is 3.98. The number of carbonyl (C=O) groups excluding carboxylic acids is 1. The van der Waals surface area contributed by atoms with Crippen LogP contribution in [-0.2, 0) is 15.6 Å². The fourth-order valence-corrected chi connectivity index (χ4v) is 3.64. The van der Waals surface area contributed by atoms with Crippen molar-refractivity contribution in [2.45, 2.75) is 31.3 Å². The number of halogens is 1. The topological polar surface area (TPSA) is 81.1 Å². The number of amides is 1. The predicted molar refractivity (Wildman–Crippen MR) is 110 cm³/mol. The first-order valence-electron chi connectivity index (χ1n) is 9.00. The first-order chi connectivity index (χ1) is 13.6. The van der Waals surface area contributed by atoms with Crippen molar-refractivity contribution in [3.8, 4) is 5.69 Å². The first kappa shape index (κ1) is 20.7. The van der Waals surface area contributed by atoms with Crippen LogP contribution in [0.4, 0.5) is 10.1 Å². The lowest BCUT2D eigenvalue weighted by molar-refractivity contribution is 0.102. The van der Waals surface area contributed by atoms with E-state index in [1.165, 1.54) is 23.0 Å². The van der Waals surface area contributed by atoms with E-state index in [9.17, 15) is 17.6 Å². The second-order valence-electron chi connectivity index (χ2n) is 7.62. The summed E-state index contributed by atoms with van der Waals surface area (Å²) >= 11 is 0. The molecule has 0 aliphatic rings. The minimum atomic E-state index is -3.34. The van der Waals surface area contributed by atoms with Crippen molar-refractivity contribution in [2.24, 2.45) is 0 Å². The lowest BCUT2D eigenvalue weighted by Crippen LogP contribution is -2.29. The smallest absolute Gasteiger partial charge is 0.276 e. The van der Waals surface area contributed by atoms with Gasteiger partial charge >= 0.3 is 0 Å². The fraction of sp³-hybridized carbons (Fsp3) is 0.238. The van der Waals surface area contributed by atoms with E-state index in [0.717, 1.165) is 0 Å². The van der Waals surface area contributed by atoms with Crippen molar-refractivity contribution in [1.82, 2.24) is 9.78 Å². The van der Waals surface area contributed by atoms with Crippen molar-refractivity contribution >= 4 is 21.4 Å². The molecule has 0 aliphatic carbocycles. The van der Waals surface area contributed by atoms with Crippen molar-refractivity contribution in [1.29, 1.82) is 0 Å². The molecule has 3 aromatic rings. The molecule has 1 heterocycles. The first-order valence-corrected chi connectivity index (χ1v) is 10.7. The number of benzene rings is 2. The number of hydrogen-bond donors (Lipinski definition) is 1. The van der Waals surface area contributed by atoms with Gasteiger partial charge in [0.1, 0.15) is 11.5 Å². The second kappa shape index (κ2) is 7.79. The average molecular weight is 415 g/mol. The van der Waals surface area contributed by atoms with Gasteiger partial charge in [0.15, 0.2) is 15.5 Å². The van der Waals surface area contributed by atoms with Crippen LogP contribution in [0.2, 0.25) is 0 Å². The summed E-state index contributed by atoms with van der Waals surface area (Å²) < 4.78 is 39.1. The third-order valence-electron chi connectivity index (χ3n) is 4.40. The number of anilines is 1. The molecule has 1 aromatic heterocycles. The Morgan fingerprint density at radius 2 is 1.83 bits per heavy atom. The largest absolute Gasteiger partial charge is 0.321 e. The Morgan fingerprint density at radius 1 is 1.10 bits per heavy atom. The van der Waals surface area contributed by atoms with E-state index in [2.05, 4.69) is 10.4 Å². The summed E-state index contributed by atoms with van der Waals surface area (Å²) in [6, 6.07) is 14.3. The number of sulfone groups is 1. The van der Waals surface area contributed by atoms with Gasteiger partial charge < -0.3 is 5.32 Å². The Balaban J connectivity index is 1.76. The molecular formula is C21H22FN3O3S. The number of hydrogen-bond acceptors (Lipinski definition) is 4. The Bertz CT molecular complexity index is 1150. The van der Waals surface area contributed by atoms with Crippen LogP contribution in [0.5, 0.6) is 0 Å². The Labute approximate surface area is 169 Å². The van der Waals surface area contributed by atoms with Crippen LogP contribution in [0.25, 0.3) is 5.69 Å². The van der Waals surface area contributed by atoms with Crippen LogP contribution in [0.15, 0.2) is 60.8 Å². The molecule has 0 saturated carbocycles. The summed E-state index contributed by atoms with van der Waals surface area (Å²) in [5, 5.41) is 6.82. The van der Waals surface area contributed by atoms with Gasteiger partial charge in [0.05, 0.1) is 10.5 Å². The molecule has 2 aromatic carbocycles. The molecule has 0 unspecified atom stereocenters. The normalized spacial score (nSPS) is 12.0. The van der Waals surface area contributed by atoms with Crippen LogP contribution < -0.4 is 5.32 Å².